The van der Waals surface area contributed by atoms with Gasteiger partial charge in [0.05, 0.1) is 16.7 Å². The zero-order chi connectivity index (χ0) is 25.4. The summed E-state index contributed by atoms with van der Waals surface area (Å²) in [7, 11) is 0. The van der Waals surface area contributed by atoms with Crippen molar-refractivity contribution in [1.29, 1.82) is 0 Å². The minimum atomic E-state index is -4.42. The van der Waals surface area contributed by atoms with Gasteiger partial charge >= 0.3 is 6.18 Å². The van der Waals surface area contributed by atoms with Gasteiger partial charge in [0.1, 0.15) is 0 Å². The van der Waals surface area contributed by atoms with Crippen LogP contribution in [0.5, 0.6) is 0 Å². The van der Waals surface area contributed by atoms with Crippen molar-refractivity contribution in [3.63, 3.8) is 0 Å². The topological polar surface area (TPSA) is 68.0 Å². The zero-order valence-electron chi connectivity index (χ0n) is 19.4. The van der Waals surface area contributed by atoms with E-state index in [4.69, 9.17) is 4.98 Å². The van der Waals surface area contributed by atoms with E-state index in [0.29, 0.717) is 23.4 Å². The molecule has 0 spiro atoms. The molecule has 5 nitrogen and oxygen atoms in total. The molecule has 0 bridgehead atoms. The number of alkyl halides is 3. The lowest BCUT2D eigenvalue weighted by atomic mass is 10.00. The van der Waals surface area contributed by atoms with Crippen LogP contribution in [0.25, 0.3) is 16.6 Å². The molecule has 1 N–H and O–H groups in total. The van der Waals surface area contributed by atoms with E-state index < -0.39 is 17.3 Å². The number of hydrogen-bond acceptors (Lipinski definition) is 5. The second kappa shape index (κ2) is 9.47. The average Bonchev–Trinajstić information content (AvgIpc) is 2.78. The Kier molecular flexibility index (Phi) is 6.75. The number of halogens is 3. The summed E-state index contributed by atoms with van der Waals surface area (Å²) in [5, 5.41) is 11.1. The Morgan fingerprint density at radius 1 is 1.06 bits per heavy atom. The number of fused-ring (bicyclic) bond motifs is 1. The third-order valence-corrected chi connectivity index (χ3v) is 6.51. The van der Waals surface area contributed by atoms with Gasteiger partial charge in [0.2, 0.25) is 0 Å². The summed E-state index contributed by atoms with van der Waals surface area (Å²) in [5.41, 5.74) is 1.43. The highest BCUT2D eigenvalue weighted by molar-refractivity contribution is 7.99. The second-order valence-corrected chi connectivity index (χ2v) is 10.0. The third kappa shape index (κ3) is 5.91. The molecule has 0 aliphatic carbocycles. The van der Waals surface area contributed by atoms with Crippen LogP contribution >= 0.6 is 11.8 Å². The summed E-state index contributed by atoms with van der Waals surface area (Å²) in [4.78, 5) is 22.4. The van der Waals surface area contributed by atoms with Crippen molar-refractivity contribution in [2.75, 3.05) is 0 Å². The number of nitrogens with zero attached hydrogens (tertiary/aromatic N) is 3. The van der Waals surface area contributed by atoms with Crippen molar-refractivity contribution in [1.82, 2.24) is 14.5 Å². The molecule has 0 atom stereocenters. The van der Waals surface area contributed by atoms with Crippen LogP contribution in [0.15, 0.2) is 75.6 Å². The fourth-order valence-electron chi connectivity index (χ4n) is 3.65. The first kappa shape index (κ1) is 24.9. The molecule has 0 fully saturated rings. The molecule has 2 aromatic heterocycles. The third-order valence-electron chi connectivity index (χ3n) is 5.53. The molecular formula is C26H24F3N3O2S. The highest BCUT2D eigenvalue weighted by Gasteiger charge is 2.30. The van der Waals surface area contributed by atoms with Gasteiger partial charge in [-0.1, -0.05) is 11.8 Å². The molecule has 4 rings (SSSR count). The van der Waals surface area contributed by atoms with Crippen molar-refractivity contribution < 1.29 is 18.3 Å². The summed E-state index contributed by atoms with van der Waals surface area (Å²) in [6.07, 6.45) is -0.130. The Balaban J connectivity index is 1.63. The van der Waals surface area contributed by atoms with Crippen LogP contribution in [0.1, 0.15) is 37.1 Å². The lowest BCUT2D eigenvalue weighted by Crippen LogP contribution is -2.20. The van der Waals surface area contributed by atoms with Crippen molar-refractivity contribution in [3.05, 3.63) is 88.1 Å². The summed E-state index contributed by atoms with van der Waals surface area (Å²) < 4.78 is 39.9. The Labute approximate surface area is 204 Å². The quantitative estimate of drug-likeness (QED) is 0.354. The van der Waals surface area contributed by atoms with Gasteiger partial charge in [-0.25, -0.2) is 4.98 Å². The molecule has 4 aromatic rings. The normalized spacial score (nSPS) is 12.3. The largest absolute Gasteiger partial charge is 0.416 e. The molecule has 2 heterocycles. The van der Waals surface area contributed by atoms with E-state index in [9.17, 15) is 23.1 Å². The summed E-state index contributed by atoms with van der Waals surface area (Å²) in [6, 6.07) is 12.1. The lowest BCUT2D eigenvalue weighted by Gasteiger charge is -2.17. The fraction of sp³-hybridized carbons (Fsp3) is 0.269. The maximum absolute atomic E-state index is 13.1. The predicted octanol–water partition coefficient (Wildman–Crippen LogP) is 5.96. The molecular weight excluding hydrogens is 475 g/mol. The van der Waals surface area contributed by atoms with E-state index in [1.165, 1.54) is 22.9 Å². The maximum Gasteiger partial charge on any atom is 0.416 e. The van der Waals surface area contributed by atoms with E-state index in [0.717, 1.165) is 46.1 Å². The lowest BCUT2D eigenvalue weighted by molar-refractivity contribution is -0.137. The standard InChI is InChI=1S/C26H24F3N3O2S/c1-16-14-18(10-11-25(2,3)34)31-22-9-6-19(15-21(16)22)32-13-12-30-23(24(32)33)35-20-7-4-17(5-8-20)26(27,28)29/h4-9,12-15,34H,10-11H2,1-3H3. The molecule has 0 saturated carbocycles. The highest BCUT2D eigenvalue weighted by Crippen LogP contribution is 2.32. The van der Waals surface area contributed by atoms with Gasteiger partial charge in [-0.2, -0.15) is 13.2 Å². The van der Waals surface area contributed by atoms with Gasteiger partial charge in [0.15, 0.2) is 5.03 Å². The summed E-state index contributed by atoms with van der Waals surface area (Å²) >= 11 is 1.01. The number of aryl methyl sites for hydroxylation is 2. The second-order valence-electron chi connectivity index (χ2n) is 8.98. The smallest absolute Gasteiger partial charge is 0.390 e. The van der Waals surface area contributed by atoms with Crippen LogP contribution in [-0.4, -0.2) is 25.2 Å². The van der Waals surface area contributed by atoms with Crippen LogP contribution in [0.2, 0.25) is 0 Å². The molecule has 35 heavy (non-hydrogen) atoms. The van der Waals surface area contributed by atoms with Gasteiger partial charge in [-0.3, -0.25) is 14.3 Å². The molecule has 0 unspecified atom stereocenters. The van der Waals surface area contributed by atoms with Crippen LogP contribution < -0.4 is 5.56 Å². The van der Waals surface area contributed by atoms with Crippen molar-refractivity contribution in [3.8, 4) is 5.69 Å². The first-order chi connectivity index (χ1) is 16.4. The van der Waals surface area contributed by atoms with Crippen LogP contribution in [0, 0.1) is 6.92 Å². The predicted molar refractivity (Wildman–Crippen MR) is 130 cm³/mol. The SMILES string of the molecule is Cc1cc(CCC(C)(C)O)nc2ccc(-n3ccnc(Sc4ccc(C(F)(F)F)cc4)c3=O)cc12. The number of rotatable bonds is 6. The molecule has 2 aromatic carbocycles. The minimum Gasteiger partial charge on any atom is -0.390 e. The Morgan fingerprint density at radius 2 is 1.77 bits per heavy atom. The van der Waals surface area contributed by atoms with Crippen LogP contribution in [-0.2, 0) is 12.6 Å². The highest BCUT2D eigenvalue weighted by atomic mass is 32.2. The molecule has 0 radical (unpaired) electrons. The number of aliphatic hydroxyl groups is 1. The first-order valence-electron chi connectivity index (χ1n) is 11.0. The Hall–Kier alpha value is -3.17. The summed E-state index contributed by atoms with van der Waals surface area (Å²) in [6.45, 7) is 5.51. The number of benzene rings is 2. The van der Waals surface area contributed by atoms with Crippen LogP contribution in [0.4, 0.5) is 13.2 Å². The molecule has 0 saturated heterocycles. The Bertz CT molecular complexity index is 1430. The number of pyridine rings is 1. The first-order valence-corrected chi connectivity index (χ1v) is 11.8. The molecule has 0 aliphatic rings. The van der Waals surface area contributed by atoms with Gasteiger partial charge in [0, 0.05) is 34.1 Å². The molecule has 0 aliphatic heterocycles. The van der Waals surface area contributed by atoms with E-state index in [2.05, 4.69) is 4.98 Å². The van der Waals surface area contributed by atoms with E-state index in [1.54, 1.807) is 26.1 Å². The van der Waals surface area contributed by atoms with Crippen molar-refractivity contribution >= 4 is 22.7 Å². The summed E-state index contributed by atoms with van der Waals surface area (Å²) in [5.74, 6) is 0. The van der Waals surface area contributed by atoms with Crippen LogP contribution in [0.3, 0.4) is 0 Å². The van der Waals surface area contributed by atoms with E-state index >= 15 is 0 Å². The zero-order valence-corrected chi connectivity index (χ0v) is 20.2. The molecule has 182 valence electrons. The van der Waals surface area contributed by atoms with Gasteiger partial charge < -0.3 is 5.11 Å². The fourth-order valence-corrected chi connectivity index (χ4v) is 4.45. The number of aromatic nitrogens is 3. The molecule has 9 heteroatoms. The minimum absolute atomic E-state index is 0.157. The van der Waals surface area contributed by atoms with Gasteiger partial charge in [-0.05, 0) is 87.7 Å². The van der Waals surface area contributed by atoms with Gasteiger partial charge in [-0.15, -0.1) is 0 Å². The van der Waals surface area contributed by atoms with Crippen molar-refractivity contribution in [2.45, 2.75) is 55.3 Å². The van der Waals surface area contributed by atoms with E-state index in [-0.39, 0.29) is 10.6 Å². The monoisotopic (exact) mass is 499 g/mol. The van der Waals surface area contributed by atoms with E-state index in [1.807, 2.05) is 25.1 Å². The Morgan fingerprint density at radius 3 is 2.43 bits per heavy atom. The average molecular weight is 500 g/mol. The van der Waals surface area contributed by atoms with Crippen molar-refractivity contribution in [2.24, 2.45) is 0 Å². The maximum atomic E-state index is 13.1. The van der Waals surface area contributed by atoms with Gasteiger partial charge in [0.25, 0.3) is 5.56 Å². The molecule has 0 amide bonds. The number of hydrogen-bond donors (Lipinski definition) is 1.